The summed E-state index contributed by atoms with van der Waals surface area (Å²) in [5.74, 6) is 1.47. The third kappa shape index (κ3) is 4.47. The SMILES string of the molecule is CCOc1ccc(Nc2nc(=O)c(OC)cn2Cc2ccccc2)c(C)c1. The molecule has 0 spiro atoms. The lowest BCUT2D eigenvalue weighted by Gasteiger charge is -2.17. The molecule has 0 unspecified atom stereocenters. The van der Waals surface area contributed by atoms with E-state index in [1.807, 2.05) is 66.9 Å². The Bertz CT molecular complexity index is 968. The highest BCUT2D eigenvalue weighted by Gasteiger charge is 2.11. The Morgan fingerprint density at radius 1 is 1.15 bits per heavy atom. The number of methoxy groups -OCH3 is 1. The fourth-order valence-corrected chi connectivity index (χ4v) is 2.77. The molecule has 27 heavy (non-hydrogen) atoms. The van der Waals surface area contributed by atoms with Crippen LogP contribution in [0.25, 0.3) is 0 Å². The minimum absolute atomic E-state index is 0.208. The lowest BCUT2D eigenvalue weighted by atomic mass is 10.2. The van der Waals surface area contributed by atoms with Crippen molar-refractivity contribution in [1.29, 1.82) is 0 Å². The van der Waals surface area contributed by atoms with Gasteiger partial charge in [-0.3, -0.25) is 4.79 Å². The van der Waals surface area contributed by atoms with E-state index in [9.17, 15) is 4.79 Å². The summed E-state index contributed by atoms with van der Waals surface area (Å²) in [5, 5.41) is 3.26. The van der Waals surface area contributed by atoms with Gasteiger partial charge in [0, 0.05) is 5.69 Å². The molecule has 0 amide bonds. The first-order valence-corrected chi connectivity index (χ1v) is 8.80. The van der Waals surface area contributed by atoms with Gasteiger partial charge in [0.1, 0.15) is 5.75 Å². The number of nitrogens with one attached hydrogen (secondary N) is 1. The minimum atomic E-state index is -0.409. The number of aryl methyl sites for hydroxylation is 1. The summed E-state index contributed by atoms with van der Waals surface area (Å²) in [6.07, 6.45) is 1.68. The van der Waals surface area contributed by atoms with Gasteiger partial charge in [-0.2, -0.15) is 4.98 Å². The molecule has 0 aliphatic heterocycles. The van der Waals surface area contributed by atoms with Crippen molar-refractivity contribution in [2.24, 2.45) is 0 Å². The Balaban J connectivity index is 1.96. The quantitative estimate of drug-likeness (QED) is 0.691. The maximum atomic E-state index is 12.2. The molecule has 0 fully saturated rings. The number of benzene rings is 2. The topological polar surface area (TPSA) is 65.4 Å². The van der Waals surface area contributed by atoms with Gasteiger partial charge in [0.25, 0.3) is 0 Å². The Hall–Kier alpha value is -3.28. The maximum Gasteiger partial charge on any atom is 0.316 e. The van der Waals surface area contributed by atoms with Crippen molar-refractivity contribution in [2.45, 2.75) is 20.4 Å². The first kappa shape index (κ1) is 18.5. The summed E-state index contributed by atoms with van der Waals surface area (Å²) in [4.78, 5) is 16.4. The van der Waals surface area contributed by atoms with Crippen LogP contribution in [0.2, 0.25) is 0 Å². The van der Waals surface area contributed by atoms with Gasteiger partial charge >= 0.3 is 5.56 Å². The molecule has 3 rings (SSSR count). The second-order valence-electron chi connectivity index (χ2n) is 6.09. The average Bonchev–Trinajstić information content (AvgIpc) is 2.67. The lowest BCUT2D eigenvalue weighted by Crippen LogP contribution is -2.19. The number of rotatable bonds is 7. The largest absolute Gasteiger partial charge is 0.494 e. The van der Waals surface area contributed by atoms with Crippen molar-refractivity contribution < 1.29 is 9.47 Å². The third-order valence-electron chi connectivity index (χ3n) is 4.13. The van der Waals surface area contributed by atoms with E-state index in [-0.39, 0.29) is 5.75 Å². The molecule has 1 heterocycles. The average molecular weight is 365 g/mol. The van der Waals surface area contributed by atoms with Crippen LogP contribution >= 0.6 is 0 Å². The van der Waals surface area contributed by atoms with Gasteiger partial charge in [-0.1, -0.05) is 30.3 Å². The molecular weight excluding hydrogens is 342 g/mol. The fourth-order valence-electron chi connectivity index (χ4n) is 2.77. The Morgan fingerprint density at radius 2 is 1.93 bits per heavy atom. The molecule has 0 aliphatic rings. The van der Waals surface area contributed by atoms with E-state index in [0.29, 0.717) is 19.1 Å². The van der Waals surface area contributed by atoms with E-state index in [1.165, 1.54) is 7.11 Å². The monoisotopic (exact) mass is 365 g/mol. The van der Waals surface area contributed by atoms with Gasteiger partial charge in [0.2, 0.25) is 11.7 Å². The van der Waals surface area contributed by atoms with Gasteiger partial charge < -0.3 is 19.4 Å². The molecule has 6 heteroatoms. The number of hydrogen-bond donors (Lipinski definition) is 1. The lowest BCUT2D eigenvalue weighted by molar-refractivity contribution is 0.340. The van der Waals surface area contributed by atoms with Crippen LogP contribution in [0.4, 0.5) is 11.6 Å². The Morgan fingerprint density at radius 3 is 2.59 bits per heavy atom. The van der Waals surface area contributed by atoms with Gasteiger partial charge in [-0.25, -0.2) is 0 Å². The Labute approximate surface area is 158 Å². The number of aromatic nitrogens is 2. The van der Waals surface area contributed by atoms with Gasteiger partial charge in [-0.05, 0) is 43.2 Å². The first-order valence-electron chi connectivity index (χ1n) is 8.80. The van der Waals surface area contributed by atoms with E-state index >= 15 is 0 Å². The standard InChI is InChI=1S/C21H23N3O3/c1-4-27-17-10-11-18(15(2)12-17)22-21-23-20(25)19(26-3)14-24(21)13-16-8-6-5-7-9-16/h5-12,14H,4,13H2,1-3H3,(H,22,23,25). The smallest absolute Gasteiger partial charge is 0.316 e. The normalized spacial score (nSPS) is 10.5. The molecule has 1 aromatic heterocycles. The number of nitrogens with zero attached hydrogens (tertiary/aromatic N) is 2. The molecule has 0 radical (unpaired) electrons. The molecule has 0 saturated heterocycles. The summed E-state index contributed by atoms with van der Waals surface area (Å²) >= 11 is 0. The zero-order valence-corrected chi connectivity index (χ0v) is 15.7. The second-order valence-corrected chi connectivity index (χ2v) is 6.09. The van der Waals surface area contributed by atoms with Gasteiger partial charge in [-0.15, -0.1) is 0 Å². The van der Waals surface area contributed by atoms with Crippen LogP contribution in [-0.4, -0.2) is 23.3 Å². The molecule has 3 aromatic rings. The van der Waals surface area contributed by atoms with Crippen LogP contribution in [0.15, 0.2) is 59.5 Å². The molecule has 2 aromatic carbocycles. The molecule has 0 saturated carbocycles. The van der Waals surface area contributed by atoms with E-state index in [4.69, 9.17) is 9.47 Å². The highest BCUT2D eigenvalue weighted by Crippen LogP contribution is 2.24. The molecule has 140 valence electrons. The van der Waals surface area contributed by atoms with Gasteiger partial charge in [0.05, 0.1) is 26.5 Å². The zero-order chi connectivity index (χ0) is 19.2. The predicted molar refractivity (Wildman–Crippen MR) is 106 cm³/mol. The summed E-state index contributed by atoms with van der Waals surface area (Å²) < 4.78 is 12.6. The molecular formula is C21H23N3O3. The van der Waals surface area contributed by atoms with Gasteiger partial charge in [0.15, 0.2) is 0 Å². The van der Waals surface area contributed by atoms with Crippen LogP contribution in [0.5, 0.6) is 11.5 Å². The number of ether oxygens (including phenoxy) is 2. The van der Waals surface area contributed by atoms with Crippen LogP contribution < -0.4 is 20.3 Å². The third-order valence-corrected chi connectivity index (χ3v) is 4.13. The second kappa shape index (κ2) is 8.40. The predicted octanol–water partition coefficient (Wildman–Crippen LogP) is 3.75. The van der Waals surface area contributed by atoms with E-state index < -0.39 is 5.56 Å². The van der Waals surface area contributed by atoms with Crippen molar-refractivity contribution in [3.8, 4) is 11.5 Å². The maximum absolute atomic E-state index is 12.2. The van der Waals surface area contributed by atoms with Crippen LogP contribution in [0.1, 0.15) is 18.1 Å². The molecule has 0 atom stereocenters. The fraction of sp³-hybridized carbons (Fsp3) is 0.238. The first-order chi connectivity index (χ1) is 13.1. The summed E-state index contributed by atoms with van der Waals surface area (Å²) in [7, 11) is 1.47. The van der Waals surface area contributed by atoms with E-state index in [0.717, 1.165) is 22.6 Å². The Kier molecular flexibility index (Phi) is 5.76. The van der Waals surface area contributed by atoms with Crippen LogP contribution in [-0.2, 0) is 6.54 Å². The summed E-state index contributed by atoms with van der Waals surface area (Å²) in [6, 6.07) is 15.7. The van der Waals surface area contributed by atoms with Crippen molar-refractivity contribution in [3.63, 3.8) is 0 Å². The van der Waals surface area contributed by atoms with Crippen molar-refractivity contribution in [3.05, 3.63) is 76.2 Å². The summed E-state index contributed by atoms with van der Waals surface area (Å²) in [6.45, 7) is 5.10. The van der Waals surface area contributed by atoms with Crippen LogP contribution in [0.3, 0.4) is 0 Å². The highest BCUT2D eigenvalue weighted by molar-refractivity contribution is 5.60. The molecule has 6 nitrogen and oxygen atoms in total. The molecule has 0 aliphatic carbocycles. The van der Waals surface area contributed by atoms with Crippen LogP contribution in [0, 0.1) is 6.92 Å². The minimum Gasteiger partial charge on any atom is -0.494 e. The zero-order valence-electron chi connectivity index (χ0n) is 15.7. The summed E-state index contributed by atoms with van der Waals surface area (Å²) in [5.41, 5.74) is 2.54. The van der Waals surface area contributed by atoms with Crippen molar-refractivity contribution >= 4 is 11.6 Å². The van der Waals surface area contributed by atoms with E-state index in [1.54, 1.807) is 6.20 Å². The van der Waals surface area contributed by atoms with Crippen molar-refractivity contribution in [1.82, 2.24) is 9.55 Å². The van der Waals surface area contributed by atoms with E-state index in [2.05, 4.69) is 10.3 Å². The van der Waals surface area contributed by atoms with Crippen molar-refractivity contribution in [2.75, 3.05) is 19.0 Å². The number of anilines is 2. The molecule has 0 bridgehead atoms. The number of hydrogen-bond acceptors (Lipinski definition) is 5. The highest BCUT2D eigenvalue weighted by atomic mass is 16.5. The molecule has 1 N–H and O–H groups in total.